The van der Waals surface area contributed by atoms with Crippen molar-refractivity contribution in [1.82, 2.24) is 19.9 Å². The average Bonchev–Trinajstić information content (AvgIpc) is 2.65. The summed E-state index contributed by atoms with van der Waals surface area (Å²) < 4.78 is 68.9. The van der Waals surface area contributed by atoms with Crippen molar-refractivity contribution in [3.8, 4) is 6.07 Å². The topological polar surface area (TPSA) is 184 Å². The van der Waals surface area contributed by atoms with E-state index in [9.17, 15) is 25.3 Å². The Morgan fingerprint density at radius 3 is 1.60 bits per heavy atom. The van der Waals surface area contributed by atoms with E-state index in [0.29, 0.717) is 0 Å². The Balaban J connectivity index is 0.000000303. The lowest BCUT2D eigenvalue weighted by Crippen LogP contribution is -2.26. The van der Waals surface area contributed by atoms with Crippen molar-refractivity contribution in [2.24, 2.45) is 0 Å². The molecule has 0 aliphatic carbocycles. The summed E-state index contributed by atoms with van der Waals surface area (Å²) in [6.45, 7) is 0. The summed E-state index contributed by atoms with van der Waals surface area (Å²) in [5.74, 6) is 0.192. The number of anilines is 2. The van der Waals surface area contributed by atoms with Crippen molar-refractivity contribution >= 4 is 41.5 Å². The molecule has 0 aromatic carbocycles. The Kier molecular flexibility index (Phi) is 7.77. The molecule has 0 amide bonds. The molecule has 0 saturated carbocycles. The third-order valence-corrected chi connectivity index (χ3v) is 6.76. The Labute approximate surface area is 175 Å². The molecule has 30 heavy (non-hydrogen) atoms. The molecule has 16 heteroatoms. The van der Waals surface area contributed by atoms with E-state index in [1.165, 1.54) is 20.2 Å². The fourth-order valence-corrected chi connectivity index (χ4v) is 3.06. The van der Waals surface area contributed by atoms with Gasteiger partial charge in [-0.05, 0) is 0 Å². The monoisotopic (exact) mass is 477 g/mol. The van der Waals surface area contributed by atoms with Gasteiger partial charge in [0.25, 0.3) is 0 Å². The van der Waals surface area contributed by atoms with Crippen LogP contribution in [0.3, 0.4) is 0 Å². The van der Waals surface area contributed by atoms with Gasteiger partial charge < -0.3 is 0 Å². The average molecular weight is 478 g/mol. The molecule has 0 spiro atoms. The highest BCUT2D eigenvalue weighted by Crippen LogP contribution is 2.15. The van der Waals surface area contributed by atoms with Crippen LogP contribution in [0.15, 0.2) is 29.8 Å². The first-order valence-electron chi connectivity index (χ1n) is 7.69. The highest BCUT2D eigenvalue weighted by molar-refractivity contribution is 7.92. The summed E-state index contributed by atoms with van der Waals surface area (Å²) in [7, 11) is -7.65. The summed E-state index contributed by atoms with van der Waals surface area (Å²) in [6.07, 6.45) is 5.19. The normalized spacial score (nSPS) is 11.6. The lowest BCUT2D eigenvalue weighted by molar-refractivity contribution is 0.595. The number of sulfone groups is 1. The maximum absolute atomic E-state index is 11.2. The van der Waals surface area contributed by atoms with Gasteiger partial charge >= 0.3 is 0 Å². The Morgan fingerprint density at radius 2 is 1.20 bits per heavy atom. The largest absolute Gasteiger partial charge is 0.257 e. The van der Waals surface area contributed by atoms with Gasteiger partial charge in [0, 0.05) is 32.5 Å². The molecule has 0 radical (unpaired) electrons. The van der Waals surface area contributed by atoms with Crippen molar-refractivity contribution < 1.29 is 25.3 Å². The first kappa shape index (κ1) is 25.1. The zero-order chi connectivity index (χ0) is 23.3. The smallest absolute Gasteiger partial charge is 0.233 e. The SMILES string of the molecule is CN(c1cc(C#N)ncn1)S(C)(=O)=O.CN(c1cc(S(C)(=O)=O)ncn1)S(C)(=O)=O. The minimum absolute atomic E-state index is 0.0120. The van der Waals surface area contributed by atoms with Crippen LogP contribution >= 0.6 is 0 Å². The molecule has 2 rings (SSSR count). The van der Waals surface area contributed by atoms with Crippen molar-refractivity contribution in [3.63, 3.8) is 0 Å². The van der Waals surface area contributed by atoms with Crippen LogP contribution in [0.25, 0.3) is 0 Å². The quantitative estimate of drug-likeness (QED) is 0.482. The van der Waals surface area contributed by atoms with Crippen LogP contribution in [0.5, 0.6) is 0 Å². The number of aromatic nitrogens is 4. The van der Waals surface area contributed by atoms with Crippen LogP contribution in [-0.4, -0.2) is 78.1 Å². The molecule has 0 aliphatic rings. The molecule has 0 atom stereocenters. The summed E-state index contributed by atoms with van der Waals surface area (Å²) in [4.78, 5) is 14.6. The maximum Gasteiger partial charge on any atom is 0.233 e. The van der Waals surface area contributed by atoms with Gasteiger partial charge in [0.1, 0.15) is 36.1 Å². The van der Waals surface area contributed by atoms with Gasteiger partial charge in [0.2, 0.25) is 20.0 Å². The number of nitriles is 1. The van der Waals surface area contributed by atoms with Gasteiger partial charge in [-0.15, -0.1) is 0 Å². The number of hydrogen-bond donors (Lipinski definition) is 0. The Morgan fingerprint density at radius 1 is 0.767 bits per heavy atom. The minimum Gasteiger partial charge on any atom is -0.257 e. The van der Waals surface area contributed by atoms with Crippen molar-refractivity contribution in [2.75, 3.05) is 41.5 Å². The van der Waals surface area contributed by atoms with Gasteiger partial charge in [-0.25, -0.2) is 45.2 Å². The number of rotatable bonds is 5. The van der Waals surface area contributed by atoms with Gasteiger partial charge in [-0.3, -0.25) is 8.61 Å². The Bertz CT molecular complexity index is 1270. The highest BCUT2D eigenvalue weighted by Gasteiger charge is 2.17. The van der Waals surface area contributed by atoms with E-state index in [2.05, 4.69) is 19.9 Å². The fourth-order valence-electron chi connectivity index (χ4n) is 1.63. The van der Waals surface area contributed by atoms with Crippen LogP contribution < -0.4 is 8.61 Å². The number of sulfonamides is 2. The third-order valence-electron chi connectivity index (χ3n) is 3.41. The number of hydrogen-bond acceptors (Lipinski definition) is 11. The molecule has 2 heterocycles. The second-order valence-electron chi connectivity index (χ2n) is 5.82. The first-order valence-corrected chi connectivity index (χ1v) is 13.3. The molecule has 2 aromatic heterocycles. The van der Waals surface area contributed by atoms with Crippen LogP contribution in [-0.2, 0) is 29.9 Å². The van der Waals surface area contributed by atoms with Crippen LogP contribution in [0.2, 0.25) is 0 Å². The molecular formula is C14H19N7O6S3. The second kappa shape index (κ2) is 9.28. The van der Waals surface area contributed by atoms with E-state index in [0.717, 1.165) is 46.1 Å². The third kappa shape index (κ3) is 7.17. The summed E-state index contributed by atoms with van der Waals surface area (Å²) in [5, 5.41) is 8.32. The molecule has 0 bridgehead atoms. The van der Waals surface area contributed by atoms with Gasteiger partial charge in [0.05, 0.1) is 12.5 Å². The first-order chi connectivity index (χ1) is 13.6. The molecule has 13 nitrogen and oxygen atoms in total. The standard InChI is InChI=1S/C7H8N4O2S.C7H11N3O4S2/c1-11(14(2,12)13)7-3-6(4-8)9-5-10-7;1-10(16(3,13)14)6-4-7(9-5-8-6)15(2,11)12/h3,5H,1-2H3;4-5H,1-3H3. The van der Waals surface area contributed by atoms with Gasteiger partial charge in [-0.2, -0.15) is 5.26 Å². The lowest BCUT2D eigenvalue weighted by atomic mass is 10.4. The molecule has 0 N–H and O–H groups in total. The lowest BCUT2D eigenvalue weighted by Gasteiger charge is -2.15. The fraction of sp³-hybridized carbons (Fsp3) is 0.357. The van der Waals surface area contributed by atoms with E-state index < -0.39 is 29.9 Å². The van der Waals surface area contributed by atoms with E-state index in [4.69, 9.17) is 5.26 Å². The van der Waals surface area contributed by atoms with E-state index in [1.807, 2.05) is 0 Å². The molecule has 0 saturated heterocycles. The highest BCUT2D eigenvalue weighted by atomic mass is 32.2. The van der Waals surface area contributed by atoms with Gasteiger partial charge in [-0.1, -0.05) is 0 Å². The van der Waals surface area contributed by atoms with E-state index >= 15 is 0 Å². The molecular weight excluding hydrogens is 458 g/mol. The maximum atomic E-state index is 11.2. The van der Waals surface area contributed by atoms with Crippen molar-refractivity contribution in [1.29, 1.82) is 5.26 Å². The van der Waals surface area contributed by atoms with E-state index in [-0.39, 0.29) is 22.4 Å². The minimum atomic E-state index is -3.48. The van der Waals surface area contributed by atoms with Crippen LogP contribution in [0.4, 0.5) is 11.6 Å². The zero-order valence-corrected chi connectivity index (χ0v) is 19.1. The zero-order valence-electron chi connectivity index (χ0n) is 16.6. The summed E-state index contributed by atoms with van der Waals surface area (Å²) >= 11 is 0. The second-order valence-corrected chi connectivity index (χ2v) is 11.8. The summed E-state index contributed by atoms with van der Waals surface area (Å²) in [5.41, 5.74) is 0.130. The molecule has 2 aromatic rings. The molecule has 0 aliphatic heterocycles. The van der Waals surface area contributed by atoms with E-state index in [1.54, 1.807) is 6.07 Å². The van der Waals surface area contributed by atoms with Crippen molar-refractivity contribution in [2.45, 2.75) is 5.03 Å². The number of nitrogens with zero attached hydrogens (tertiary/aromatic N) is 7. The molecule has 0 unspecified atom stereocenters. The predicted octanol–water partition coefficient (Wildman–Crippen LogP) is -0.980. The molecule has 164 valence electrons. The van der Waals surface area contributed by atoms with Gasteiger partial charge in [0.15, 0.2) is 14.9 Å². The Hall–Kier alpha value is -2.90. The van der Waals surface area contributed by atoms with Crippen molar-refractivity contribution in [3.05, 3.63) is 30.5 Å². The summed E-state index contributed by atoms with van der Waals surface area (Å²) in [6, 6.07) is 4.22. The molecule has 0 fully saturated rings. The van der Waals surface area contributed by atoms with Crippen LogP contribution in [0, 0.1) is 11.3 Å². The predicted molar refractivity (Wildman–Crippen MR) is 108 cm³/mol. The van der Waals surface area contributed by atoms with Crippen LogP contribution in [0.1, 0.15) is 5.69 Å².